The van der Waals surface area contributed by atoms with Crippen molar-refractivity contribution in [1.82, 2.24) is 15.5 Å². The van der Waals surface area contributed by atoms with Crippen LogP contribution in [-0.4, -0.2) is 55.1 Å². The molecule has 2 atom stereocenters. The number of guanidine groups is 1. The number of nitrogens with zero attached hydrogens (tertiary/aromatic N) is 2. The molecule has 2 unspecified atom stereocenters. The second kappa shape index (κ2) is 12.3. The third kappa shape index (κ3) is 8.13. The lowest BCUT2D eigenvalue weighted by molar-refractivity contribution is -0.129. The Bertz CT molecular complexity index is 612. The lowest BCUT2D eigenvalue weighted by atomic mass is 10.3. The van der Waals surface area contributed by atoms with Crippen LogP contribution in [0.15, 0.2) is 29.3 Å². The molecule has 2 N–H and O–H groups in total. The highest BCUT2D eigenvalue weighted by atomic mass is 127. The van der Waals surface area contributed by atoms with Gasteiger partial charge >= 0.3 is 0 Å². The minimum Gasteiger partial charge on any atom is -0.489 e. The van der Waals surface area contributed by atoms with Crippen LogP contribution < -0.4 is 15.4 Å². The molecule has 1 aromatic carbocycles. The van der Waals surface area contributed by atoms with Gasteiger partial charge in [-0.25, -0.2) is 4.99 Å². The number of ether oxygens (including phenoxy) is 1. The van der Waals surface area contributed by atoms with E-state index in [-0.39, 0.29) is 42.0 Å². The Morgan fingerprint density at radius 3 is 2.70 bits per heavy atom. The summed E-state index contributed by atoms with van der Waals surface area (Å²) in [6.07, 6.45) is 1.43. The molecule has 0 saturated carbocycles. The van der Waals surface area contributed by atoms with Crippen molar-refractivity contribution < 1.29 is 9.53 Å². The number of likely N-dealkylation sites (tertiary alicyclic amines) is 1. The monoisotopic (exact) mass is 508 g/mol. The number of carbonyl (C=O) groups excluding carboxylic acids is 1. The van der Waals surface area contributed by atoms with Crippen molar-refractivity contribution in [2.24, 2.45) is 4.99 Å². The maximum atomic E-state index is 11.8. The molecule has 1 heterocycles. The summed E-state index contributed by atoms with van der Waals surface area (Å²) in [5.41, 5.74) is 0. The molecule has 1 aliphatic rings. The third-order valence-corrected chi connectivity index (χ3v) is 4.44. The highest BCUT2D eigenvalue weighted by Gasteiger charge is 2.25. The van der Waals surface area contributed by atoms with Gasteiger partial charge in [0, 0.05) is 37.1 Å². The van der Waals surface area contributed by atoms with Crippen LogP contribution in [0, 0.1) is 0 Å². The van der Waals surface area contributed by atoms with Crippen molar-refractivity contribution in [3.63, 3.8) is 0 Å². The zero-order valence-corrected chi connectivity index (χ0v) is 19.3. The first-order valence-corrected chi connectivity index (χ1v) is 9.64. The molecule has 0 aliphatic carbocycles. The van der Waals surface area contributed by atoms with Crippen molar-refractivity contribution in [2.45, 2.75) is 45.8 Å². The molecule has 8 heteroatoms. The van der Waals surface area contributed by atoms with E-state index in [0.29, 0.717) is 18.0 Å². The highest BCUT2D eigenvalue weighted by Crippen LogP contribution is 2.17. The SMILES string of the molecule is CCNC(=NCC(C)Oc1ccc(Cl)cc1)NC1CCN(C(=O)CC)C1.I. The number of aliphatic imine (C=N–C) groups is 1. The maximum Gasteiger partial charge on any atom is 0.222 e. The van der Waals surface area contributed by atoms with Crippen LogP contribution in [0.4, 0.5) is 0 Å². The first kappa shape index (κ1) is 23.8. The summed E-state index contributed by atoms with van der Waals surface area (Å²) >= 11 is 5.89. The number of amides is 1. The Labute approximate surface area is 184 Å². The van der Waals surface area contributed by atoms with Gasteiger partial charge in [0.15, 0.2) is 5.96 Å². The highest BCUT2D eigenvalue weighted by molar-refractivity contribution is 14.0. The molecule has 0 spiro atoms. The average Bonchev–Trinajstić information content (AvgIpc) is 3.10. The fraction of sp³-hybridized carbons (Fsp3) is 0.579. The number of carbonyl (C=O) groups is 1. The van der Waals surface area contributed by atoms with E-state index in [0.717, 1.165) is 37.8 Å². The van der Waals surface area contributed by atoms with Gasteiger partial charge in [-0.05, 0) is 44.5 Å². The molecule has 6 nitrogen and oxygen atoms in total. The fourth-order valence-electron chi connectivity index (χ4n) is 2.84. The van der Waals surface area contributed by atoms with E-state index in [1.54, 1.807) is 0 Å². The molecule has 0 radical (unpaired) electrons. The zero-order chi connectivity index (χ0) is 18.9. The van der Waals surface area contributed by atoms with Crippen LogP contribution in [0.2, 0.25) is 5.02 Å². The average molecular weight is 509 g/mol. The number of hydrogen-bond acceptors (Lipinski definition) is 3. The first-order chi connectivity index (χ1) is 12.5. The first-order valence-electron chi connectivity index (χ1n) is 9.26. The summed E-state index contributed by atoms with van der Waals surface area (Å²) in [5, 5.41) is 7.37. The fourth-order valence-corrected chi connectivity index (χ4v) is 2.97. The molecule has 1 aromatic rings. The van der Waals surface area contributed by atoms with Gasteiger partial charge in [-0.3, -0.25) is 4.79 Å². The summed E-state index contributed by atoms with van der Waals surface area (Å²) in [7, 11) is 0. The predicted molar refractivity (Wildman–Crippen MR) is 121 cm³/mol. The second-order valence-electron chi connectivity index (χ2n) is 6.43. The Morgan fingerprint density at radius 1 is 1.37 bits per heavy atom. The molecule has 1 saturated heterocycles. The van der Waals surface area contributed by atoms with E-state index in [2.05, 4.69) is 15.6 Å². The van der Waals surface area contributed by atoms with Gasteiger partial charge in [0.05, 0.1) is 6.54 Å². The van der Waals surface area contributed by atoms with Crippen molar-refractivity contribution in [2.75, 3.05) is 26.2 Å². The van der Waals surface area contributed by atoms with Crippen LogP contribution in [0.25, 0.3) is 0 Å². The van der Waals surface area contributed by atoms with Gasteiger partial charge in [-0.1, -0.05) is 18.5 Å². The summed E-state index contributed by atoms with van der Waals surface area (Å²) in [4.78, 5) is 18.3. The van der Waals surface area contributed by atoms with E-state index < -0.39 is 0 Å². The Balaban J connectivity index is 0.00000364. The van der Waals surface area contributed by atoms with Crippen LogP contribution in [0.5, 0.6) is 5.75 Å². The van der Waals surface area contributed by atoms with E-state index in [1.165, 1.54) is 0 Å². The lowest BCUT2D eigenvalue weighted by Crippen LogP contribution is -2.45. The van der Waals surface area contributed by atoms with E-state index in [1.807, 2.05) is 49.9 Å². The van der Waals surface area contributed by atoms with Crippen LogP contribution in [0.3, 0.4) is 0 Å². The minimum atomic E-state index is -0.0617. The van der Waals surface area contributed by atoms with Gasteiger partial charge < -0.3 is 20.3 Å². The Morgan fingerprint density at radius 2 is 2.07 bits per heavy atom. The van der Waals surface area contributed by atoms with Crippen LogP contribution in [-0.2, 0) is 4.79 Å². The van der Waals surface area contributed by atoms with E-state index >= 15 is 0 Å². The normalized spacial score (nSPS) is 17.9. The molecule has 27 heavy (non-hydrogen) atoms. The summed E-state index contributed by atoms with van der Waals surface area (Å²) in [6, 6.07) is 7.55. The molecule has 152 valence electrons. The quantitative estimate of drug-likeness (QED) is 0.337. The standard InChI is InChI=1S/C19H29ClN4O2.HI/c1-4-18(25)24-11-10-16(13-24)23-19(21-5-2)22-12-14(3)26-17-8-6-15(20)7-9-17;/h6-9,14,16H,4-5,10-13H2,1-3H3,(H2,21,22,23);1H. The summed E-state index contributed by atoms with van der Waals surface area (Å²) in [6.45, 7) is 8.76. The van der Waals surface area contributed by atoms with Gasteiger partial charge in [0.25, 0.3) is 0 Å². The van der Waals surface area contributed by atoms with Crippen LogP contribution >= 0.6 is 35.6 Å². The van der Waals surface area contributed by atoms with Gasteiger partial charge in [-0.15, -0.1) is 24.0 Å². The maximum absolute atomic E-state index is 11.8. The number of benzene rings is 1. The largest absolute Gasteiger partial charge is 0.489 e. The second-order valence-corrected chi connectivity index (χ2v) is 6.86. The van der Waals surface area contributed by atoms with E-state index in [4.69, 9.17) is 16.3 Å². The van der Waals surface area contributed by atoms with Crippen molar-refractivity contribution in [1.29, 1.82) is 0 Å². The van der Waals surface area contributed by atoms with Crippen molar-refractivity contribution in [3.05, 3.63) is 29.3 Å². The molecule has 1 amide bonds. The van der Waals surface area contributed by atoms with Gasteiger partial charge in [0.2, 0.25) is 5.91 Å². The molecule has 0 bridgehead atoms. The third-order valence-electron chi connectivity index (χ3n) is 4.19. The topological polar surface area (TPSA) is 66.0 Å². The Hall–Kier alpha value is -1.22. The summed E-state index contributed by atoms with van der Waals surface area (Å²) < 4.78 is 5.86. The van der Waals surface area contributed by atoms with Gasteiger partial charge in [0.1, 0.15) is 11.9 Å². The molecule has 2 rings (SSSR count). The van der Waals surface area contributed by atoms with Crippen molar-refractivity contribution >= 4 is 47.4 Å². The number of halogens is 2. The smallest absolute Gasteiger partial charge is 0.222 e. The number of nitrogens with one attached hydrogen (secondary N) is 2. The lowest BCUT2D eigenvalue weighted by Gasteiger charge is -2.19. The zero-order valence-electron chi connectivity index (χ0n) is 16.2. The van der Waals surface area contributed by atoms with Crippen LogP contribution in [0.1, 0.15) is 33.6 Å². The molecule has 1 fully saturated rings. The molecule has 0 aromatic heterocycles. The minimum absolute atomic E-state index is 0. The molecular weight excluding hydrogens is 479 g/mol. The van der Waals surface area contributed by atoms with Gasteiger partial charge in [-0.2, -0.15) is 0 Å². The van der Waals surface area contributed by atoms with Crippen molar-refractivity contribution in [3.8, 4) is 5.75 Å². The molecular formula is C19H30ClIN4O2. The van der Waals surface area contributed by atoms with E-state index in [9.17, 15) is 4.79 Å². The molecule has 1 aliphatic heterocycles. The summed E-state index contributed by atoms with van der Waals surface area (Å²) in [5.74, 6) is 1.75. The number of rotatable bonds is 7. The Kier molecular flexibility index (Phi) is 10.8. The number of hydrogen-bond donors (Lipinski definition) is 2. The predicted octanol–water partition coefficient (Wildman–Crippen LogP) is 3.29.